The zero-order valence-electron chi connectivity index (χ0n) is 17.9. The normalized spacial score (nSPS) is 11.5. The van der Waals surface area contributed by atoms with E-state index in [1.54, 1.807) is 38.1 Å². The van der Waals surface area contributed by atoms with Gasteiger partial charge in [0, 0.05) is 10.0 Å². The van der Waals surface area contributed by atoms with Crippen LogP contribution in [0.15, 0.2) is 69.6 Å². The molecule has 4 rings (SSSR count). The first kappa shape index (κ1) is 22.4. The summed E-state index contributed by atoms with van der Waals surface area (Å²) in [6.45, 7) is 5.50. The molecular weight excluding hydrogens is 492 g/mol. The van der Waals surface area contributed by atoms with E-state index in [1.165, 1.54) is 5.56 Å². The zero-order valence-corrected chi connectivity index (χ0v) is 20.3. The van der Waals surface area contributed by atoms with E-state index in [9.17, 15) is 4.79 Å². The average Bonchev–Trinajstić information content (AvgIpc) is 3.20. The number of aryl methyl sites for hydroxylation is 1. The second kappa shape index (κ2) is 8.96. The van der Waals surface area contributed by atoms with Gasteiger partial charge in [0.15, 0.2) is 11.2 Å². The molecule has 32 heavy (non-hydrogen) atoms. The molecule has 0 aliphatic carbocycles. The molecule has 0 atom stereocenters. The molecule has 0 fully saturated rings. The Hall–Kier alpha value is -2.83. The summed E-state index contributed by atoms with van der Waals surface area (Å²) in [7, 11) is 0. The largest absolute Gasteiger partial charge is 0.478 e. The van der Waals surface area contributed by atoms with E-state index in [2.05, 4.69) is 33.2 Å². The Bertz CT molecular complexity index is 1280. The molecule has 0 radical (unpaired) electrons. The minimum atomic E-state index is -1.12. The lowest BCUT2D eigenvalue weighted by molar-refractivity contribution is -0.128. The van der Waals surface area contributed by atoms with Crippen LogP contribution in [0.4, 0.5) is 5.69 Å². The van der Waals surface area contributed by atoms with Gasteiger partial charge >= 0.3 is 0 Å². The Labute approximate surface area is 199 Å². The Morgan fingerprint density at radius 3 is 2.59 bits per heavy atom. The standard InChI is InChI=1S/C25H22BrClN2O3/c1-4-15-5-12-22-21(13-15)28-23(31-22)16-6-11-19(27)20(14-16)29-24(30)25(2,3)32-18-9-7-17(26)8-10-18/h5-14H,4H2,1-3H3,(H,29,30). The van der Waals surface area contributed by atoms with E-state index in [4.69, 9.17) is 20.8 Å². The third-order valence-corrected chi connectivity index (χ3v) is 5.91. The van der Waals surface area contributed by atoms with Crippen LogP contribution in [0.2, 0.25) is 5.02 Å². The van der Waals surface area contributed by atoms with Crippen molar-refractivity contribution in [2.75, 3.05) is 5.32 Å². The molecule has 3 aromatic carbocycles. The monoisotopic (exact) mass is 512 g/mol. The zero-order chi connectivity index (χ0) is 22.9. The molecule has 0 spiro atoms. The highest BCUT2D eigenvalue weighted by Crippen LogP contribution is 2.32. The van der Waals surface area contributed by atoms with E-state index in [1.807, 2.05) is 36.4 Å². The van der Waals surface area contributed by atoms with Gasteiger partial charge in [-0.2, -0.15) is 0 Å². The maximum absolute atomic E-state index is 13.0. The summed E-state index contributed by atoms with van der Waals surface area (Å²) in [5, 5.41) is 3.28. The molecular formula is C25H22BrClN2O3. The summed E-state index contributed by atoms with van der Waals surface area (Å²) in [5.41, 5.74) is 2.74. The first-order valence-corrected chi connectivity index (χ1v) is 11.4. The predicted octanol–water partition coefficient (Wildman–Crippen LogP) is 7.27. The third kappa shape index (κ3) is 4.81. The molecule has 4 aromatic rings. The number of benzene rings is 3. The smallest absolute Gasteiger partial charge is 0.268 e. The van der Waals surface area contributed by atoms with E-state index >= 15 is 0 Å². The highest BCUT2D eigenvalue weighted by atomic mass is 79.9. The number of oxazole rings is 1. The van der Waals surface area contributed by atoms with Gasteiger partial charge < -0.3 is 14.5 Å². The highest BCUT2D eigenvalue weighted by Gasteiger charge is 2.30. The van der Waals surface area contributed by atoms with Crippen LogP contribution in [-0.2, 0) is 11.2 Å². The summed E-state index contributed by atoms with van der Waals surface area (Å²) in [6.07, 6.45) is 0.924. The first-order chi connectivity index (χ1) is 15.2. The minimum absolute atomic E-state index is 0.329. The van der Waals surface area contributed by atoms with Gasteiger partial charge in [-0.05, 0) is 80.4 Å². The maximum atomic E-state index is 13.0. The van der Waals surface area contributed by atoms with E-state index in [0.717, 1.165) is 16.4 Å². The van der Waals surface area contributed by atoms with Crippen LogP contribution in [0.25, 0.3) is 22.6 Å². The quantitative estimate of drug-likeness (QED) is 0.294. The summed E-state index contributed by atoms with van der Waals surface area (Å²) in [6, 6.07) is 18.5. The summed E-state index contributed by atoms with van der Waals surface area (Å²) >= 11 is 9.75. The van der Waals surface area contributed by atoms with Crippen molar-refractivity contribution in [3.8, 4) is 17.2 Å². The van der Waals surface area contributed by atoms with E-state index in [0.29, 0.717) is 33.5 Å². The van der Waals surface area contributed by atoms with Gasteiger partial charge in [0.25, 0.3) is 5.91 Å². The fraction of sp³-hybridized carbons (Fsp3) is 0.200. The second-order valence-electron chi connectivity index (χ2n) is 7.89. The number of halogens is 2. The van der Waals surface area contributed by atoms with Gasteiger partial charge in [0.2, 0.25) is 5.89 Å². The molecule has 0 aliphatic rings. The fourth-order valence-corrected chi connectivity index (χ4v) is 3.62. The van der Waals surface area contributed by atoms with Gasteiger partial charge in [-0.15, -0.1) is 0 Å². The second-order valence-corrected chi connectivity index (χ2v) is 9.21. The number of rotatable bonds is 6. The van der Waals surface area contributed by atoms with Crippen LogP contribution in [0.3, 0.4) is 0 Å². The number of amides is 1. The van der Waals surface area contributed by atoms with Crippen molar-refractivity contribution in [1.29, 1.82) is 0 Å². The van der Waals surface area contributed by atoms with Crippen LogP contribution in [0.1, 0.15) is 26.3 Å². The van der Waals surface area contributed by atoms with Gasteiger partial charge in [0.05, 0.1) is 10.7 Å². The lowest BCUT2D eigenvalue weighted by Crippen LogP contribution is -2.42. The van der Waals surface area contributed by atoms with Crippen molar-refractivity contribution >= 4 is 50.2 Å². The van der Waals surface area contributed by atoms with Crippen LogP contribution in [-0.4, -0.2) is 16.5 Å². The molecule has 0 saturated carbocycles. The number of hydrogen-bond acceptors (Lipinski definition) is 4. The topological polar surface area (TPSA) is 64.4 Å². The number of anilines is 1. The van der Waals surface area contributed by atoms with Crippen molar-refractivity contribution in [2.24, 2.45) is 0 Å². The summed E-state index contributed by atoms with van der Waals surface area (Å²) in [4.78, 5) is 17.6. The summed E-state index contributed by atoms with van der Waals surface area (Å²) in [5.74, 6) is 0.724. The van der Waals surface area contributed by atoms with Gasteiger partial charge in [-0.1, -0.05) is 40.5 Å². The molecule has 164 valence electrons. The van der Waals surface area contributed by atoms with Crippen molar-refractivity contribution in [3.05, 3.63) is 75.7 Å². The number of nitrogens with zero attached hydrogens (tertiary/aromatic N) is 1. The molecule has 0 saturated heterocycles. The van der Waals surface area contributed by atoms with Crippen LogP contribution < -0.4 is 10.1 Å². The van der Waals surface area contributed by atoms with Gasteiger partial charge in [-0.25, -0.2) is 4.98 Å². The molecule has 7 heteroatoms. The molecule has 0 unspecified atom stereocenters. The van der Waals surface area contributed by atoms with Gasteiger partial charge in [-0.3, -0.25) is 4.79 Å². The van der Waals surface area contributed by atoms with Crippen molar-refractivity contribution in [2.45, 2.75) is 32.8 Å². The Morgan fingerprint density at radius 2 is 1.88 bits per heavy atom. The van der Waals surface area contributed by atoms with Crippen molar-refractivity contribution in [1.82, 2.24) is 4.98 Å². The fourth-order valence-electron chi connectivity index (χ4n) is 3.19. The number of ether oxygens (including phenoxy) is 1. The van der Waals surface area contributed by atoms with Crippen molar-refractivity contribution in [3.63, 3.8) is 0 Å². The molecule has 0 bridgehead atoms. The number of nitrogens with one attached hydrogen (secondary N) is 1. The maximum Gasteiger partial charge on any atom is 0.268 e. The molecule has 5 nitrogen and oxygen atoms in total. The highest BCUT2D eigenvalue weighted by molar-refractivity contribution is 9.10. The van der Waals surface area contributed by atoms with Gasteiger partial charge in [0.1, 0.15) is 11.3 Å². The lowest BCUT2D eigenvalue weighted by atomic mass is 10.1. The lowest BCUT2D eigenvalue weighted by Gasteiger charge is -2.25. The van der Waals surface area contributed by atoms with Crippen LogP contribution in [0.5, 0.6) is 5.75 Å². The SMILES string of the molecule is CCc1ccc2oc(-c3ccc(Cl)c(NC(=O)C(C)(C)Oc4ccc(Br)cc4)c3)nc2c1. The molecule has 1 aromatic heterocycles. The Balaban J connectivity index is 1.57. The molecule has 1 amide bonds. The number of fused-ring (bicyclic) bond motifs is 1. The number of aromatic nitrogens is 1. The first-order valence-electron chi connectivity index (χ1n) is 10.2. The Morgan fingerprint density at radius 1 is 1.12 bits per heavy atom. The number of hydrogen-bond donors (Lipinski definition) is 1. The Kier molecular flexibility index (Phi) is 6.26. The van der Waals surface area contributed by atoms with E-state index < -0.39 is 5.60 Å². The number of carbonyl (C=O) groups is 1. The summed E-state index contributed by atoms with van der Waals surface area (Å²) < 4.78 is 12.7. The van der Waals surface area contributed by atoms with Crippen LogP contribution in [0, 0.1) is 0 Å². The predicted molar refractivity (Wildman–Crippen MR) is 131 cm³/mol. The molecule has 1 heterocycles. The molecule has 0 aliphatic heterocycles. The average molecular weight is 514 g/mol. The van der Waals surface area contributed by atoms with Crippen molar-refractivity contribution < 1.29 is 13.9 Å². The van der Waals surface area contributed by atoms with E-state index in [-0.39, 0.29) is 5.91 Å². The third-order valence-electron chi connectivity index (χ3n) is 5.06. The minimum Gasteiger partial charge on any atom is -0.478 e. The number of carbonyl (C=O) groups excluding carboxylic acids is 1. The molecule has 1 N–H and O–H groups in total. The van der Waals surface area contributed by atoms with Crippen LogP contribution >= 0.6 is 27.5 Å².